The molecule has 96 valence electrons. The Morgan fingerprint density at radius 1 is 1.41 bits per heavy atom. The summed E-state index contributed by atoms with van der Waals surface area (Å²) in [5.74, 6) is 1.46. The molecular formula is C12H22N4O. The zero-order valence-electron chi connectivity index (χ0n) is 10.8. The summed E-state index contributed by atoms with van der Waals surface area (Å²) in [7, 11) is 0. The van der Waals surface area contributed by atoms with E-state index >= 15 is 0 Å². The second-order valence-electron chi connectivity index (χ2n) is 4.64. The second kappa shape index (κ2) is 6.12. The second-order valence-corrected chi connectivity index (χ2v) is 4.64. The topological polar surface area (TPSA) is 54.2 Å². The smallest absolute Gasteiger partial charge is 0.223 e. The van der Waals surface area contributed by atoms with E-state index in [1.165, 1.54) is 32.5 Å². The van der Waals surface area contributed by atoms with E-state index in [0.717, 1.165) is 18.8 Å². The molecule has 0 spiro atoms. The van der Waals surface area contributed by atoms with Crippen molar-refractivity contribution in [1.29, 1.82) is 0 Å². The van der Waals surface area contributed by atoms with E-state index in [-0.39, 0.29) is 0 Å². The Morgan fingerprint density at radius 3 is 2.76 bits per heavy atom. The minimum atomic E-state index is 0.649. The van der Waals surface area contributed by atoms with Crippen LogP contribution in [0.3, 0.4) is 0 Å². The molecule has 1 aromatic heterocycles. The van der Waals surface area contributed by atoms with Crippen LogP contribution in [-0.2, 0) is 6.42 Å². The van der Waals surface area contributed by atoms with Crippen molar-refractivity contribution in [3.63, 3.8) is 0 Å². The summed E-state index contributed by atoms with van der Waals surface area (Å²) in [5.41, 5.74) is 0. The van der Waals surface area contributed by atoms with Crippen molar-refractivity contribution in [2.45, 2.75) is 39.2 Å². The fourth-order valence-corrected chi connectivity index (χ4v) is 2.28. The lowest BCUT2D eigenvalue weighted by Gasteiger charge is -2.31. The molecule has 1 aliphatic heterocycles. The van der Waals surface area contributed by atoms with E-state index in [0.29, 0.717) is 11.9 Å². The normalized spacial score (nSPS) is 18.7. The number of nitrogens with zero attached hydrogens (tertiary/aromatic N) is 3. The van der Waals surface area contributed by atoms with Gasteiger partial charge in [-0.25, -0.2) is 0 Å². The monoisotopic (exact) mass is 238 g/mol. The van der Waals surface area contributed by atoms with Crippen LogP contribution in [0.5, 0.6) is 0 Å². The molecule has 1 aliphatic rings. The number of nitrogens with one attached hydrogen (secondary N) is 1. The van der Waals surface area contributed by atoms with Gasteiger partial charge in [-0.05, 0) is 32.5 Å². The highest BCUT2D eigenvalue weighted by atomic mass is 16.5. The molecule has 0 atom stereocenters. The van der Waals surface area contributed by atoms with Crippen molar-refractivity contribution in [3.05, 3.63) is 11.7 Å². The van der Waals surface area contributed by atoms with Gasteiger partial charge in [0.2, 0.25) is 5.89 Å². The zero-order chi connectivity index (χ0) is 12.1. The number of rotatable bonds is 5. The molecule has 0 aromatic carbocycles. The minimum absolute atomic E-state index is 0.649. The third kappa shape index (κ3) is 3.78. The van der Waals surface area contributed by atoms with Gasteiger partial charge < -0.3 is 14.7 Å². The largest absolute Gasteiger partial charge is 0.340 e. The van der Waals surface area contributed by atoms with E-state index in [4.69, 9.17) is 4.52 Å². The summed E-state index contributed by atoms with van der Waals surface area (Å²) in [5, 5.41) is 7.47. The molecule has 0 amide bonds. The maximum absolute atomic E-state index is 4.94. The molecule has 17 heavy (non-hydrogen) atoms. The van der Waals surface area contributed by atoms with Crippen molar-refractivity contribution in [3.8, 4) is 0 Å². The SMILES string of the molecule is CCN1CCC(NCCc2noc(C)n2)CC1. The van der Waals surface area contributed by atoms with Crippen molar-refractivity contribution in [1.82, 2.24) is 20.4 Å². The average Bonchev–Trinajstić information content (AvgIpc) is 2.76. The number of aryl methyl sites for hydroxylation is 1. The van der Waals surface area contributed by atoms with Crippen molar-refractivity contribution in [2.75, 3.05) is 26.2 Å². The van der Waals surface area contributed by atoms with Gasteiger partial charge in [0.1, 0.15) is 0 Å². The van der Waals surface area contributed by atoms with Gasteiger partial charge in [-0.15, -0.1) is 0 Å². The first-order chi connectivity index (χ1) is 8.28. The third-order valence-corrected chi connectivity index (χ3v) is 3.39. The van der Waals surface area contributed by atoms with E-state index < -0.39 is 0 Å². The lowest BCUT2D eigenvalue weighted by atomic mass is 10.1. The van der Waals surface area contributed by atoms with E-state index in [9.17, 15) is 0 Å². The minimum Gasteiger partial charge on any atom is -0.340 e. The van der Waals surface area contributed by atoms with E-state index in [1.54, 1.807) is 0 Å². The summed E-state index contributed by atoms with van der Waals surface area (Å²) >= 11 is 0. The lowest BCUT2D eigenvalue weighted by molar-refractivity contribution is 0.207. The van der Waals surface area contributed by atoms with Gasteiger partial charge in [0, 0.05) is 25.9 Å². The molecule has 1 N–H and O–H groups in total. The number of aromatic nitrogens is 2. The Bertz CT molecular complexity index is 331. The van der Waals surface area contributed by atoms with Crippen LogP contribution in [0.1, 0.15) is 31.5 Å². The number of piperidine rings is 1. The first-order valence-electron chi connectivity index (χ1n) is 6.53. The Labute approximate surface area is 103 Å². The predicted molar refractivity (Wildman–Crippen MR) is 65.9 cm³/mol. The number of hydrogen-bond acceptors (Lipinski definition) is 5. The van der Waals surface area contributed by atoms with Gasteiger partial charge in [0.05, 0.1) is 0 Å². The molecule has 1 saturated heterocycles. The van der Waals surface area contributed by atoms with Gasteiger partial charge in [-0.2, -0.15) is 4.98 Å². The Balaban J connectivity index is 1.63. The van der Waals surface area contributed by atoms with Gasteiger partial charge in [-0.1, -0.05) is 12.1 Å². The molecule has 0 aliphatic carbocycles. The molecule has 2 rings (SSSR count). The van der Waals surface area contributed by atoms with E-state index in [2.05, 4.69) is 27.3 Å². The first kappa shape index (κ1) is 12.5. The first-order valence-corrected chi connectivity index (χ1v) is 6.53. The van der Waals surface area contributed by atoms with Crippen molar-refractivity contribution in [2.24, 2.45) is 0 Å². The third-order valence-electron chi connectivity index (χ3n) is 3.39. The Kier molecular flexibility index (Phi) is 4.50. The van der Waals surface area contributed by atoms with Crippen LogP contribution in [-0.4, -0.2) is 47.3 Å². The number of likely N-dealkylation sites (tertiary alicyclic amines) is 1. The quantitative estimate of drug-likeness (QED) is 0.829. The predicted octanol–water partition coefficient (Wildman–Crippen LogP) is 0.994. The average molecular weight is 238 g/mol. The summed E-state index contributed by atoms with van der Waals surface area (Å²) in [6.07, 6.45) is 3.35. The van der Waals surface area contributed by atoms with Gasteiger partial charge >= 0.3 is 0 Å². The molecular weight excluding hydrogens is 216 g/mol. The molecule has 0 radical (unpaired) electrons. The van der Waals surface area contributed by atoms with Crippen LogP contribution in [0.4, 0.5) is 0 Å². The fourth-order valence-electron chi connectivity index (χ4n) is 2.28. The maximum Gasteiger partial charge on any atom is 0.223 e. The van der Waals surface area contributed by atoms with Crippen LogP contribution < -0.4 is 5.32 Å². The van der Waals surface area contributed by atoms with Crippen LogP contribution in [0, 0.1) is 6.92 Å². The van der Waals surface area contributed by atoms with Gasteiger partial charge in [0.25, 0.3) is 0 Å². The van der Waals surface area contributed by atoms with Gasteiger partial charge in [0.15, 0.2) is 5.82 Å². The summed E-state index contributed by atoms with van der Waals surface area (Å²) < 4.78 is 4.94. The summed E-state index contributed by atoms with van der Waals surface area (Å²) in [6, 6.07) is 0.658. The molecule has 1 fully saturated rings. The molecule has 0 saturated carbocycles. The molecule has 1 aromatic rings. The van der Waals surface area contributed by atoms with Gasteiger partial charge in [-0.3, -0.25) is 0 Å². The maximum atomic E-state index is 4.94. The van der Waals surface area contributed by atoms with Crippen LogP contribution >= 0.6 is 0 Å². The Morgan fingerprint density at radius 2 is 2.18 bits per heavy atom. The van der Waals surface area contributed by atoms with Crippen LogP contribution in [0.25, 0.3) is 0 Å². The Hall–Kier alpha value is -0.940. The van der Waals surface area contributed by atoms with E-state index in [1.807, 2.05) is 6.92 Å². The lowest BCUT2D eigenvalue weighted by Crippen LogP contribution is -2.42. The highest BCUT2D eigenvalue weighted by Gasteiger charge is 2.17. The van der Waals surface area contributed by atoms with Crippen molar-refractivity contribution < 1.29 is 4.52 Å². The summed E-state index contributed by atoms with van der Waals surface area (Å²) in [4.78, 5) is 6.69. The molecule has 0 bridgehead atoms. The molecule has 0 unspecified atom stereocenters. The molecule has 5 heteroatoms. The highest BCUT2D eigenvalue weighted by Crippen LogP contribution is 2.09. The zero-order valence-corrected chi connectivity index (χ0v) is 10.8. The van der Waals surface area contributed by atoms with Crippen molar-refractivity contribution >= 4 is 0 Å². The fraction of sp³-hybridized carbons (Fsp3) is 0.833. The van der Waals surface area contributed by atoms with Crippen LogP contribution in [0.15, 0.2) is 4.52 Å². The standard InChI is InChI=1S/C12H22N4O/c1-3-16-8-5-11(6-9-16)13-7-4-12-14-10(2)17-15-12/h11,13H,3-9H2,1-2H3. The molecule has 2 heterocycles. The molecule has 5 nitrogen and oxygen atoms in total. The van der Waals surface area contributed by atoms with Crippen LogP contribution in [0.2, 0.25) is 0 Å². The highest BCUT2D eigenvalue weighted by molar-refractivity contribution is 4.85. The summed E-state index contributed by atoms with van der Waals surface area (Å²) in [6.45, 7) is 8.60. The number of hydrogen-bond donors (Lipinski definition) is 1.